The predicted molar refractivity (Wildman–Crippen MR) is 141 cm³/mol. The molecule has 5 aromatic rings. The van der Waals surface area contributed by atoms with Gasteiger partial charge in [0, 0.05) is 28.5 Å². The molecule has 184 valence electrons. The summed E-state index contributed by atoms with van der Waals surface area (Å²) in [6, 6.07) is 12.7. The van der Waals surface area contributed by atoms with Crippen molar-refractivity contribution >= 4 is 11.0 Å². The van der Waals surface area contributed by atoms with E-state index in [0.29, 0.717) is 13.2 Å². The summed E-state index contributed by atoms with van der Waals surface area (Å²) in [5, 5.41) is 4.59. The van der Waals surface area contributed by atoms with Crippen molar-refractivity contribution in [3.05, 3.63) is 66.0 Å². The average molecular weight is 483 g/mol. The number of ether oxygens (including phenoxy) is 1. The smallest absolute Gasteiger partial charge is 0.142 e. The van der Waals surface area contributed by atoms with E-state index in [0.717, 1.165) is 81.6 Å². The van der Waals surface area contributed by atoms with E-state index in [-0.39, 0.29) is 6.04 Å². The molecule has 0 aliphatic carbocycles. The number of imidazole rings is 2. The van der Waals surface area contributed by atoms with Crippen molar-refractivity contribution in [1.82, 2.24) is 25.3 Å². The fourth-order valence-corrected chi connectivity index (χ4v) is 4.82. The molecule has 0 saturated heterocycles. The Labute approximate surface area is 209 Å². The largest absolute Gasteiger partial charge is 0.492 e. The number of aromatic amines is 2. The molecule has 5 N–H and O–H groups in total. The topological polar surface area (TPSA) is 118 Å². The van der Waals surface area contributed by atoms with Gasteiger partial charge in [0.1, 0.15) is 28.7 Å². The third-order valence-corrected chi connectivity index (χ3v) is 6.78. The molecule has 1 atom stereocenters. The highest BCUT2D eigenvalue weighted by Crippen LogP contribution is 2.43. The minimum atomic E-state index is 0.176. The number of hydrogen-bond donors (Lipinski definition) is 4. The molecular formula is C28H30N6O2. The summed E-state index contributed by atoms with van der Waals surface area (Å²) in [6.45, 7) is 6.21. The summed E-state index contributed by atoms with van der Waals surface area (Å²) in [5.74, 6) is 3.38. The van der Waals surface area contributed by atoms with Crippen LogP contribution in [0, 0.1) is 0 Å². The first-order chi connectivity index (χ1) is 17.6. The van der Waals surface area contributed by atoms with Gasteiger partial charge in [0.15, 0.2) is 0 Å². The Morgan fingerprint density at radius 3 is 2.69 bits per heavy atom. The zero-order valence-electron chi connectivity index (χ0n) is 20.5. The van der Waals surface area contributed by atoms with Gasteiger partial charge in [0.2, 0.25) is 0 Å². The van der Waals surface area contributed by atoms with Crippen molar-refractivity contribution < 1.29 is 9.15 Å². The fourth-order valence-electron chi connectivity index (χ4n) is 4.82. The van der Waals surface area contributed by atoms with Crippen LogP contribution in [0.2, 0.25) is 0 Å². The van der Waals surface area contributed by atoms with Crippen LogP contribution in [0.3, 0.4) is 0 Å². The lowest BCUT2D eigenvalue weighted by Crippen LogP contribution is -2.20. The third-order valence-electron chi connectivity index (χ3n) is 6.78. The normalized spacial score (nSPS) is 13.8. The lowest BCUT2D eigenvalue weighted by atomic mass is 10.0. The SMILES string of the molecule is CCCNC(C)c1ncc(-c2ccc3oc4c(c3c2)CCOc2cc(-c3cnc(CN)[nH]3)ccc2-4)[nH]1. The van der Waals surface area contributed by atoms with E-state index < -0.39 is 0 Å². The van der Waals surface area contributed by atoms with Crippen molar-refractivity contribution in [2.75, 3.05) is 13.2 Å². The molecule has 2 aromatic carbocycles. The first kappa shape index (κ1) is 22.6. The maximum atomic E-state index is 6.39. The van der Waals surface area contributed by atoms with Gasteiger partial charge in [-0.3, -0.25) is 0 Å². The van der Waals surface area contributed by atoms with Gasteiger partial charge in [-0.1, -0.05) is 13.0 Å². The number of benzene rings is 2. The second-order valence-electron chi connectivity index (χ2n) is 9.24. The zero-order valence-corrected chi connectivity index (χ0v) is 20.5. The maximum absolute atomic E-state index is 6.39. The lowest BCUT2D eigenvalue weighted by molar-refractivity contribution is 0.327. The van der Waals surface area contributed by atoms with Crippen molar-refractivity contribution in [3.8, 4) is 39.6 Å². The van der Waals surface area contributed by atoms with Crippen molar-refractivity contribution in [1.29, 1.82) is 0 Å². The van der Waals surface area contributed by atoms with Gasteiger partial charge in [0.25, 0.3) is 0 Å². The fraction of sp³-hybridized carbons (Fsp3) is 0.286. The molecule has 1 aliphatic rings. The number of hydrogen-bond acceptors (Lipinski definition) is 6. The summed E-state index contributed by atoms with van der Waals surface area (Å²) >= 11 is 0. The van der Waals surface area contributed by atoms with E-state index in [1.807, 2.05) is 18.3 Å². The lowest BCUT2D eigenvalue weighted by Gasteiger charge is -2.09. The highest BCUT2D eigenvalue weighted by Gasteiger charge is 2.23. The van der Waals surface area contributed by atoms with E-state index in [9.17, 15) is 0 Å². The van der Waals surface area contributed by atoms with Gasteiger partial charge >= 0.3 is 0 Å². The van der Waals surface area contributed by atoms with Crippen LogP contribution in [0.15, 0.2) is 53.2 Å². The maximum Gasteiger partial charge on any atom is 0.142 e. The molecule has 3 aromatic heterocycles. The van der Waals surface area contributed by atoms with Crippen LogP contribution in [0.1, 0.15) is 43.5 Å². The van der Waals surface area contributed by atoms with Gasteiger partial charge in [-0.05, 0) is 50.2 Å². The van der Waals surface area contributed by atoms with Crippen molar-refractivity contribution in [2.24, 2.45) is 5.73 Å². The Hall–Kier alpha value is -3.88. The van der Waals surface area contributed by atoms with Crippen LogP contribution in [0.4, 0.5) is 0 Å². The molecule has 0 amide bonds. The summed E-state index contributed by atoms with van der Waals surface area (Å²) in [4.78, 5) is 15.7. The molecule has 1 aliphatic heterocycles. The van der Waals surface area contributed by atoms with E-state index in [2.05, 4.69) is 63.4 Å². The summed E-state index contributed by atoms with van der Waals surface area (Å²) in [7, 11) is 0. The highest BCUT2D eigenvalue weighted by atomic mass is 16.5. The summed E-state index contributed by atoms with van der Waals surface area (Å²) < 4.78 is 12.6. The third kappa shape index (κ3) is 3.98. The molecule has 0 radical (unpaired) electrons. The Morgan fingerprint density at radius 1 is 1.06 bits per heavy atom. The molecular weight excluding hydrogens is 452 g/mol. The van der Waals surface area contributed by atoms with Gasteiger partial charge in [-0.2, -0.15) is 0 Å². The molecule has 0 fully saturated rings. The second kappa shape index (κ2) is 9.29. The molecule has 0 saturated carbocycles. The Bertz CT molecular complexity index is 1530. The quantitative estimate of drug-likeness (QED) is 0.249. The number of nitrogens with one attached hydrogen (secondary N) is 3. The van der Waals surface area contributed by atoms with E-state index in [1.165, 1.54) is 5.56 Å². The molecule has 36 heavy (non-hydrogen) atoms. The minimum absolute atomic E-state index is 0.176. The first-order valence-electron chi connectivity index (χ1n) is 12.5. The molecule has 1 unspecified atom stereocenters. The van der Waals surface area contributed by atoms with Crippen LogP contribution >= 0.6 is 0 Å². The molecule has 0 bridgehead atoms. The van der Waals surface area contributed by atoms with Crippen LogP contribution in [-0.2, 0) is 13.0 Å². The molecule has 0 spiro atoms. The van der Waals surface area contributed by atoms with Gasteiger partial charge in [-0.25, -0.2) is 9.97 Å². The minimum Gasteiger partial charge on any atom is -0.492 e. The van der Waals surface area contributed by atoms with E-state index in [4.69, 9.17) is 14.9 Å². The summed E-state index contributed by atoms with van der Waals surface area (Å²) in [5.41, 5.74) is 12.7. The van der Waals surface area contributed by atoms with Gasteiger partial charge < -0.3 is 30.2 Å². The molecule has 8 heteroatoms. The molecule has 8 nitrogen and oxygen atoms in total. The van der Waals surface area contributed by atoms with Gasteiger partial charge in [-0.15, -0.1) is 0 Å². The number of furan rings is 1. The molecule has 4 heterocycles. The van der Waals surface area contributed by atoms with Crippen LogP contribution in [0.5, 0.6) is 5.75 Å². The summed E-state index contributed by atoms with van der Waals surface area (Å²) in [6.07, 6.45) is 5.57. The van der Waals surface area contributed by atoms with E-state index in [1.54, 1.807) is 6.20 Å². The van der Waals surface area contributed by atoms with Crippen LogP contribution in [-0.4, -0.2) is 33.1 Å². The highest BCUT2D eigenvalue weighted by molar-refractivity contribution is 5.92. The van der Waals surface area contributed by atoms with Crippen molar-refractivity contribution in [2.45, 2.75) is 39.3 Å². The first-order valence-corrected chi connectivity index (χ1v) is 12.5. The predicted octanol–water partition coefficient (Wildman–Crippen LogP) is 5.33. The number of rotatable bonds is 7. The number of nitrogens with zero attached hydrogens (tertiary/aromatic N) is 2. The van der Waals surface area contributed by atoms with E-state index >= 15 is 0 Å². The van der Waals surface area contributed by atoms with Gasteiger partial charge in [0.05, 0.1) is 48.5 Å². The molecule has 6 rings (SSSR count). The number of fused-ring (bicyclic) bond motifs is 5. The average Bonchev–Trinajstić information content (AvgIpc) is 3.64. The Morgan fingerprint density at radius 2 is 1.86 bits per heavy atom. The second-order valence-corrected chi connectivity index (χ2v) is 9.24. The van der Waals surface area contributed by atoms with Crippen LogP contribution in [0.25, 0.3) is 44.8 Å². The number of nitrogens with two attached hydrogens (primary N) is 1. The standard InChI is InChI=1S/C28H30N6O2/c1-3-9-30-16(2)28-32-15-23(34-28)17-5-7-24-21(11-17)19-8-10-35-25-12-18(4-6-20(25)27(19)36-24)22-14-31-26(13-29)33-22/h4-7,11-12,14-16,30H,3,8-10,13,29H2,1-2H3,(H,31,33)(H,32,34). The zero-order chi connectivity index (χ0) is 24.6. The Balaban J connectivity index is 1.36. The van der Waals surface area contributed by atoms with Crippen LogP contribution < -0.4 is 15.8 Å². The Kier molecular flexibility index (Phi) is 5.83. The number of aromatic nitrogens is 4. The number of H-pyrrole nitrogens is 2. The van der Waals surface area contributed by atoms with Crippen molar-refractivity contribution in [3.63, 3.8) is 0 Å². The monoisotopic (exact) mass is 482 g/mol.